The third-order valence-electron chi connectivity index (χ3n) is 2.28. The van der Waals surface area contributed by atoms with Gasteiger partial charge in [0.1, 0.15) is 10.6 Å². The molecule has 1 heterocycles. The van der Waals surface area contributed by atoms with Crippen LogP contribution in [0.2, 0.25) is 0 Å². The second-order valence-electron chi connectivity index (χ2n) is 3.53. The van der Waals surface area contributed by atoms with Crippen molar-refractivity contribution >= 4 is 44.1 Å². The first-order valence-corrected chi connectivity index (χ1v) is 6.59. The van der Waals surface area contributed by atoms with Gasteiger partial charge in [-0.1, -0.05) is 0 Å². The summed E-state index contributed by atoms with van der Waals surface area (Å²) in [7, 11) is -0.766. The summed E-state index contributed by atoms with van der Waals surface area (Å²) in [6.45, 7) is 0. The highest BCUT2D eigenvalue weighted by Crippen LogP contribution is 2.29. The highest BCUT2D eigenvalue weighted by Gasteiger charge is 2.24. The first-order chi connectivity index (χ1) is 8.48. The molecule has 0 spiro atoms. The van der Waals surface area contributed by atoms with Crippen LogP contribution >= 0.6 is 12.2 Å². The lowest BCUT2D eigenvalue weighted by Gasteiger charge is -2.11. The Kier molecular flexibility index (Phi) is 3.22. The smallest absolute Gasteiger partial charge is 0.243 e. The fourth-order valence-electron chi connectivity index (χ4n) is 1.38. The second kappa shape index (κ2) is 4.54. The second-order valence-corrected chi connectivity index (χ2v) is 5.84. The molecule has 2 rings (SSSR count). The minimum Gasteiger partial charge on any atom is -0.243 e. The topological polar surface area (TPSA) is 88.7 Å². The molecule has 0 saturated heterocycles. The van der Waals surface area contributed by atoms with E-state index in [1.807, 2.05) is 0 Å². The van der Waals surface area contributed by atoms with Gasteiger partial charge in [0.15, 0.2) is 11.0 Å². The van der Waals surface area contributed by atoms with E-state index in [0.717, 1.165) is 4.31 Å². The van der Waals surface area contributed by atoms with Gasteiger partial charge in [-0.15, -0.1) is 0 Å². The van der Waals surface area contributed by atoms with Crippen molar-refractivity contribution in [2.75, 3.05) is 14.1 Å². The van der Waals surface area contributed by atoms with E-state index in [1.54, 1.807) is 0 Å². The molecule has 18 heavy (non-hydrogen) atoms. The van der Waals surface area contributed by atoms with Crippen LogP contribution in [-0.4, -0.2) is 42.3 Å². The summed E-state index contributed by atoms with van der Waals surface area (Å²) >= 11 is 4.50. The molecule has 0 fully saturated rings. The Balaban J connectivity index is 2.81. The molecule has 1 aromatic heterocycles. The van der Waals surface area contributed by atoms with E-state index in [9.17, 15) is 8.42 Å². The lowest BCUT2D eigenvalue weighted by molar-refractivity contribution is 0.315. The average Bonchev–Trinajstić information content (AvgIpc) is 2.78. The largest absolute Gasteiger partial charge is 0.244 e. The summed E-state index contributed by atoms with van der Waals surface area (Å²) in [6, 6.07) is 2.86. The molecule has 9 heteroatoms. The lowest BCUT2D eigenvalue weighted by Crippen LogP contribution is -2.22. The van der Waals surface area contributed by atoms with Gasteiger partial charge in [-0.3, -0.25) is 0 Å². The predicted octanol–water partition coefficient (Wildman–Crippen LogP) is 1.21. The Labute approximate surface area is 108 Å². The number of aromatic nitrogens is 2. The zero-order valence-electron chi connectivity index (χ0n) is 9.48. The molecule has 0 aliphatic heterocycles. The van der Waals surface area contributed by atoms with Gasteiger partial charge >= 0.3 is 0 Å². The number of fused-ring (bicyclic) bond motifs is 1. The fourth-order valence-corrected chi connectivity index (χ4v) is 2.49. The van der Waals surface area contributed by atoms with E-state index in [1.165, 1.54) is 26.2 Å². The summed E-state index contributed by atoms with van der Waals surface area (Å²) in [4.78, 5) is 3.78. The van der Waals surface area contributed by atoms with Crippen LogP contribution in [0.3, 0.4) is 0 Å². The lowest BCUT2D eigenvalue weighted by atomic mass is 10.3. The van der Waals surface area contributed by atoms with Gasteiger partial charge in [-0.05, 0) is 34.7 Å². The van der Waals surface area contributed by atoms with Crippen molar-refractivity contribution in [1.29, 1.82) is 0 Å². The van der Waals surface area contributed by atoms with Crippen LogP contribution in [0.15, 0.2) is 26.6 Å². The number of hydrogen-bond donors (Lipinski definition) is 0. The van der Waals surface area contributed by atoms with Crippen LogP contribution in [0.4, 0.5) is 5.69 Å². The number of nitrogens with zero attached hydrogens (tertiary/aromatic N) is 4. The van der Waals surface area contributed by atoms with Gasteiger partial charge < -0.3 is 0 Å². The maximum absolute atomic E-state index is 12.1. The van der Waals surface area contributed by atoms with E-state index < -0.39 is 10.0 Å². The first kappa shape index (κ1) is 12.8. The van der Waals surface area contributed by atoms with Crippen molar-refractivity contribution in [2.45, 2.75) is 4.90 Å². The highest BCUT2D eigenvalue weighted by atomic mass is 32.2. The summed E-state index contributed by atoms with van der Waals surface area (Å²) in [5.74, 6) is 0. The van der Waals surface area contributed by atoms with E-state index in [-0.39, 0.29) is 15.9 Å². The molecule has 94 valence electrons. The van der Waals surface area contributed by atoms with Gasteiger partial charge in [-0.25, -0.2) is 17.4 Å². The van der Waals surface area contributed by atoms with Crippen molar-refractivity contribution in [3.8, 4) is 0 Å². The molecule has 2 aromatic rings. The molecule has 0 atom stereocenters. The molecule has 0 saturated carbocycles. The molecule has 1 aromatic carbocycles. The van der Waals surface area contributed by atoms with Gasteiger partial charge in [-0.2, -0.15) is 4.99 Å². The first-order valence-electron chi connectivity index (χ1n) is 4.74. The zero-order chi connectivity index (χ0) is 13.3. The standard InChI is InChI=1S/C9H8N4O3S2/c1-13(2)18(14,15)7-4-3-6(10-5-17)8-9(7)12-16-11-8/h3-4H,1-2H3. The van der Waals surface area contributed by atoms with Gasteiger partial charge in [0.2, 0.25) is 10.0 Å². The molecule has 0 radical (unpaired) electrons. The van der Waals surface area contributed by atoms with Crippen LogP contribution in [-0.2, 0) is 10.0 Å². The molecule has 0 N–H and O–H groups in total. The van der Waals surface area contributed by atoms with Crippen molar-refractivity contribution in [2.24, 2.45) is 4.99 Å². The van der Waals surface area contributed by atoms with Crippen molar-refractivity contribution in [3.05, 3.63) is 12.1 Å². The minimum atomic E-state index is -3.62. The molecule has 0 unspecified atom stereocenters. The van der Waals surface area contributed by atoms with Crippen LogP contribution in [0.1, 0.15) is 0 Å². The van der Waals surface area contributed by atoms with Crippen LogP contribution in [0.25, 0.3) is 11.0 Å². The molecule has 0 amide bonds. The van der Waals surface area contributed by atoms with Gasteiger partial charge in [0.25, 0.3) is 0 Å². The Morgan fingerprint density at radius 2 is 2.00 bits per heavy atom. The van der Waals surface area contributed by atoms with Crippen molar-refractivity contribution in [3.63, 3.8) is 0 Å². The Morgan fingerprint density at radius 3 is 2.61 bits per heavy atom. The van der Waals surface area contributed by atoms with Crippen LogP contribution in [0.5, 0.6) is 0 Å². The molecule has 0 aliphatic rings. The Bertz CT molecular complexity index is 744. The minimum absolute atomic E-state index is 0.00654. The van der Waals surface area contributed by atoms with Crippen molar-refractivity contribution in [1.82, 2.24) is 14.6 Å². The molecular weight excluding hydrogens is 276 g/mol. The normalized spacial score (nSPS) is 11.7. The number of isothiocyanates is 1. The maximum atomic E-state index is 12.1. The SMILES string of the molecule is CN(C)S(=O)(=O)c1ccc(N=C=S)c2nonc12. The van der Waals surface area contributed by atoms with Crippen molar-refractivity contribution < 1.29 is 13.0 Å². The van der Waals surface area contributed by atoms with Gasteiger partial charge in [0.05, 0.1) is 5.16 Å². The van der Waals surface area contributed by atoms with E-state index in [2.05, 4.69) is 37.3 Å². The van der Waals surface area contributed by atoms with E-state index in [0.29, 0.717) is 5.69 Å². The number of rotatable bonds is 3. The summed E-state index contributed by atoms with van der Waals surface area (Å²) < 4.78 is 29.8. The predicted molar refractivity (Wildman–Crippen MR) is 67.4 cm³/mol. The Hall–Kier alpha value is -1.67. The summed E-state index contributed by atoms with van der Waals surface area (Å²) in [5, 5.41) is 9.40. The fraction of sp³-hybridized carbons (Fsp3) is 0.222. The van der Waals surface area contributed by atoms with Gasteiger partial charge in [0, 0.05) is 14.1 Å². The summed E-state index contributed by atoms with van der Waals surface area (Å²) in [5.41, 5.74) is 0.712. The maximum Gasteiger partial charge on any atom is 0.244 e. The highest BCUT2D eigenvalue weighted by molar-refractivity contribution is 7.89. The van der Waals surface area contributed by atoms with E-state index >= 15 is 0 Å². The molecular formula is C9H8N4O3S2. The number of aliphatic imine (C=N–C) groups is 1. The number of thiocarbonyl (C=S) groups is 1. The monoisotopic (exact) mass is 284 g/mol. The third kappa shape index (κ3) is 1.93. The van der Waals surface area contributed by atoms with E-state index in [4.69, 9.17) is 0 Å². The quantitative estimate of drug-likeness (QED) is 0.621. The molecule has 0 bridgehead atoms. The zero-order valence-corrected chi connectivity index (χ0v) is 11.1. The van der Waals surface area contributed by atoms with Crippen LogP contribution < -0.4 is 0 Å². The Morgan fingerprint density at radius 1 is 1.33 bits per heavy atom. The third-order valence-corrected chi connectivity index (χ3v) is 4.22. The summed E-state index contributed by atoms with van der Waals surface area (Å²) in [6.07, 6.45) is 0. The number of benzene rings is 1. The number of sulfonamides is 1. The van der Waals surface area contributed by atoms with Crippen LogP contribution in [0, 0.1) is 0 Å². The molecule has 0 aliphatic carbocycles. The molecule has 7 nitrogen and oxygen atoms in total. The average molecular weight is 284 g/mol. The number of hydrogen-bond acceptors (Lipinski definition) is 7.